The lowest BCUT2D eigenvalue weighted by molar-refractivity contribution is -0.159. The van der Waals surface area contributed by atoms with E-state index in [1.807, 2.05) is 30.3 Å². The standard InChI is InChI=1S/C24H21F3N4O3/c1-14(32)30-10-9-20(19(13-30)15-5-3-2-4-6-15)31-12-17-8-7-16(11-18(17)22(31)33)21-28-23(34-29-21)24(25,26)27/h2-8,11,19-20H,9-10,12-13H2,1H3/t19-,20?/m1/s1. The van der Waals surface area contributed by atoms with E-state index in [1.165, 1.54) is 6.07 Å². The summed E-state index contributed by atoms with van der Waals surface area (Å²) in [6, 6.07) is 14.5. The van der Waals surface area contributed by atoms with E-state index in [2.05, 4.69) is 14.7 Å². The zero-order valence-corrected chi connectivity index (χ0v) is 18.2. The van der Waals surface area contributed by atoms with E-state index in [0.29, 0.717) is 31.6 Å². The molecule has 0 radical (unpaired) electrons. The second-order valence-electron chi connectivity index (χ2n) is 8.56. The molecule has 5 rings (SSSR count). The average molecular weight is 470 g/mol. The van der Waals surface area contributed by atoms with E-state index in [1.54, 1.807) is 28.9 Å². The van der Waals surface area contributed by atoms with Crippen LogP contribution in [0.25, 0.3) is 11.4 Å². The van der Waals surface area contributed by atoms with Gasteiger partial charge in [-0.15, -0.1) is 0 Å². The van der Waals surface area contributed by atoms with Crippen molar-refractivity contribution in [1.29, 1.82) is 0 Å². The van der Waals surface area contributed by atoms with Crippen LogP contribution in [0.3, 0.4) is 0 Å². The van der Waals surface area contributed by atoms with Crippen molar-refractivity contribution < 1.29 is 27.3 Å². The summed E-state index contributed by atoms with van der Waals surface area (Å²) in [6.07, 6.45) is -4.11. The molecule has 10 heteroatoms. The molecule has 1 fully saturated rings. The second-order valence-corrected chi connectivity index (χ2v) is 8.56. The number of amides is 2. The van der Waals surface area contributed by atoms with Gasteiger partial charge in [0.1, 0.15) is 0 Å². The average Bonchev–Trinajstić information content (AvgIpc) is 3.45. The van der Waals surface area contributed by atoms with Crippen LogP contribution in [0.4, 0.5) is 13.2 Å². The van der Waals surface area contributed by atoms with Crippen LogP contribution < -0.4 is 0 Å². The normalized spacial score (nSPS) is 20.5. The van der Waals surface area contributed by atoms with Crippen molar-refractivity contribution in [1.82, 2.24) is 19.9 Å². The number of carbonyl (C=O) groups is 2. The van der Waals surface area contributed by atoms with E-state index in [4.69, 9.17) is 0 Å². The lowest BCUT2D eigenvalue weighted by Crippen LogP contribution is -2.51. The van der Waals surface area contributed by atoms with Gasteiger partial charge in [0, 0.05) is 49.6 Å². The molecule has 1 unspecified atom stereocenters. The summed E-state index contributed by atoms with van der Waals surface area (Å²) >= 11 is 0. The lowest BCUT2D eigenvalue weighted by Gasteiger charge is -2.42. The Hall–Kier alpha value is -3.69. The highest BCUT2D eigenvalue weighted by atomic mass is 19.4. The highest BCUT2D eigenvalue weighted by Crippen LogP contribution is 2.37. The molecule has 2 amide bonds. The maximum absolute atomic E-state index is 13.4. The molecule has 2 aromatic carbocycles. The zero-order chi connectivity index (χ0) is 24.0. The van der Waals surface area contributed by atoms with Crippen molar-refractivity contribution in [3.05, 3.63) is 71.1 Å². The number of halogens is 3. The van der Waals surface area contributed by atoms with Gasteiger partial charge < -0.3 is 14.3 Å². The summed E-state index contributed by atoms with van der Waals surface area (Å²) in [6.45, 7) is 3.00. The fraction of sp³-hybridized carbons (Fsp3) is 0.333. The highest BCUT2D eigenvalue weighted by Gasteiger charge is 2.41. The Morgan fingerprint density at radius 3 is 2.59 bits per heavy atom. The number of hydrogen-bond donors (Lipinski definition) is 0. The first kappa shape index (κ1) is 22.1. The molecular weight excluding hydrogens is 449 g/mol. The summed E-state index contributed by atoms with van der Waals surface area (Å²) in [7, 11) is 0. The Labute approximate surface area is 193 Å². The highest BCUT2D eigenvalue weighted by molar-refractivity contribution is 5.99. The third-order valence-corrected chi connectivity index (χ3v) is 6.52. The molecule has 176 valence electrons. The van der Waals surface area contributed by atoms with Crippen molar-refractivity contribution in [3.8, 4) is 11.4 Å². The molecule has 0 bridgehead atoms. The molecule has 2 atom stereocenters. The third kappa shape index (κ3) is 3.93. The van der Waals surface area contributed by atoms with Crippen LogP contribution in [-0.4, -0.2) is 50.9 Å². The first-order chi connectivity index (χ1) is 16.2. The van der Waals surface area contributed by atoms with Gasteiger partial charge in [-0.05, 0) is 23.6 Å². The molecule has 2 aliphatic heterocycles. The van der Waals surface area contributed by atoms with Gasteiger partial charge in [0.2, 0.25) is 11.7 Å². The van der Waals surface area contributed by atoms with Gasteiger partial charge in [0.05, 0.1) is 0 Å². The summed E-state index contributed by atoms with van der Waals surface area (Å²) < 4.78 is 42.8. The zero-order valence-electron chi connectivity index (χ0n) is 18.2. The van der Waals surface area contributed by atoms with Crippen LogP contribution in [0.15, 0.2) is 53.1 Å². The minimum absolute atomic E-state index is 0.00149. The summed E-state index contributed by atoms with van der Waals surface area (Å²) in [5.74, 6) is -1.91. The van der Waals surface area contributed by atoms with E-state index in [0.717, 1.165) is 11.1 Å². The van der Waals surface area contributed by atoms with Crippen LogP contribution in [-0.2, 0) is 17.5 Å². The third-order valence-electron chi connectivity index (χ3n) is 6.52. The largest absolute Gasteiger partial charge is 0.471 e. The summed E-state index contributed by atoms with van der Waals surface area (Å²) in [4.78, 5) is 32.5. The Morgan fingerprint density at radius 2 is 1.91 bits per heavy atom. The number of alkyl halides is 3. The molecule has 2 aliphatic rings. The molecule has 34 heavy (non-hydrogen) atoms. The summed E-state index contributed by atoms with van der Waals surface area (Å²) in [5, 5.41) is 3.42. The fourth-order valence-electron chi connectivity index (χ4n) is 4.81. The van der Waals surface area contributed by atoms with E-state index in [-0.39, 0.29) is 35.2 Å². The predicted molar refractivity (Wildman–Crippen MR) is 114 cm³/mol. The van der Waals surface area contributed by atoms with Crippen LogP contribution in [0.2, 0.25) is 0 Å². The maximum Gasteiger partial charge on any atom is 0.471 e. The second kappa shape index (κ2) is 8.27. The molecule has 1 aromatic heterocycles. The number of rotatable bonds is 3. The quantitative estimate of drug-likeness (QED) is 0.576. The van der Waals surface area contributed by atoms with Crippen LogP contribution in [0.5, 0.6) is 0 Å². The fourth-order valence-corrected chi connectivity index (χ4v) is 4.81. The minimum Gasteiger partial charge on any atom is -0.342 e. The molecule has 7 nitrogen and oxygen atoms in total. The minimum atomic E-state index is -4.74. The number of piperidine rings is 1. The van der Waals surface area contributed by atoms with Gasteiger partial charge in [-0.2, -0.15) is 18.2 Å². The molecule has 0 N–H and O–H groups in total. The van der Waals surface area contributed by atoms with E-state index in [9.17, 15) is 22.8 Å². The van der Waals surface area contributed by atoms with Crippen molar-refractivity contribution in [2.75, 3.05) is 13.1 Å². The predicted octanol–water partition coefficient (Wildman–Crippen LogP) is 4.12. The Morgan fingerprint density at radius 1 is 1.15 bits per heavy atom. The molecule has 1 saturated heterocycles. The molecule has 0 saturated carbocycles. The maximum atomic E-state index is 13.4. The van der Waals surface area contributed by atoms with Crippen molar-refractivity contribution in [2.45, 2.75) is 38.0 Å². The first-order valence-corrected chi connectivity index (χ1v) is 10.9. The van der Waals surface area contributed by atoms with Gasteiger partial charge in [-0.3, -0.25) is 9.59 Å². The van der Waals surface area contributed by atoms with Gasteiger partial charge in [0.25, 0.3) is 5.91 Å². The number of aromatic nitrogens is 2. The van der Waals surface area contributed by atoms with Crippen molar-refractivity contribution in [2.24, 2.45) is 0 Å². The SMILES string of the molecule is CC(=O)N1CCC(N2Cc3ccc(-c4noc(C(F)(F)F)n4)cc3C2=O)[C@@H](c2ccccc2)C1. The van der Waals surface area contributed by atoms with Crippen molar-refractivity contribution >= 4 is 11.8 Å². The van der Waals surface area contributed by atoms with Crippen LogP contribution in [0.1, 0.15) is 46.6 Å². The van der Waals surface area contributed by atoms with Crippen LogP contribution >= 0.6 is 0 Å². The number of fused-ring (bicyclic) bond motifs is 1. The van der Waals surface area contributed by atoms with Gasteiger partial charge in [-0.1, -0.05) is 47.6 Å². The lowest BCUT2D eigenvalue weighted by atomic mass is 9.85. The molecular formula is C24H21F3N4O3. The smallest absolute Gasteiger partial charge is 0.342 e. The molecule has 3 heterocycles. The van der Waals surface area contributed by atoms with Gasteiger partial charge in [0.15, 0.2) is 0 Å². The number of nitrogens with zero attached hydrogens (tertiary/aromatic N) is 4. The van der Waals surface area contributed by atoms with Crippen LogP contribution in [0, 0.1) is 0 Å². The van der Waals surface area contributed by atoms with Crippen molar-refractivity contribution in [3.63, 3.8) is 0 Å². The number of benzene rings is 2. The monoisotopic (exact) mass is 470 g/mol. The number of hydrogen-bond acceptors (Lipinski definition) is 5. The number of carbonyl (C=O) groups excluding carboxylic acids is 2. The summed E-state index contributed by atoms with van der Waals surface area (Å²) in [5.41, 5.74) is 2.53. The topological polar surface area (TPSA) is 79.5 Å². The molecule has 0 aliphatic carbocycles. The van der Waals surface area contributed by atoms with Gasteiger partial charge >= 0.3 is 12.1 Å². The number of likely N-dealkylation sites (tertiary alicyclic amines) is 1. The molecule has 3 aromatic rings. The Kier molecular flexibility index (Phi) is 5.38. The first-order valence-electron chi connectivity index (χ1n) is 10.9. The Bertz CT molecular complexity index is 1240. The van der Waals surface area contributed by atoms with Gasteiger partial charge in [-0.25, -0.2) is 0 Å². The molecule has 0 spiro atoms. The Balaban J connectivity index is 1.43. The van der Waals surface area contributed by atoms with E-state index < -0.39 is 12.1 Å². The van der Waals surface area contributed by atoms with E-state index >= 15 is 0 Å².